The van der Waals surface area contributed by atoms with Gasteiger partial charge in [-0.15, -0.1) is 21.5 Å². The van der Waals surface area contributed by atoms with Crippen molar-refractivity contribution in [2.75, 3.05) is 6.61 Å². The summed E-state index contributed by atoms with van der Waals surface area (Å²) in [5.41, 5.74) is 0.535. The molecule has 0 aromatic carbocycles. The number of hydrogen-bond donors (Lipinski definition) is 1. The van der Waals surface area contributed by atoms with E-state index in [1.807, 2.05) is 24.4 Å². The van der Waals surface area contributed by atoms with Crippen molar-refractivity contribution in [1.82, 2.24) is 24.9 Å². The van der Waals surface area contributed by atoms with E-state index in [9.17, 15) is 4.79 Å². The van der Waals surface area contributed by atoms with Crippen LogP contribution in [0.15, 0.2) is 36.0 Å². The molecule has 0 saturated carbocycles. The molecule has 0 saturated heterocycles. The first-order valence-corrected chi connectivity index (χ1v) is 7.96. The normalized spacial score (nSPS) is 11.2. The Hall–Kier alpha value is -2.74. The second-order valence-corrected chi connectivity index (χ2v) is 5.52. The third-order valence-corrected chi connectivity index (χ3v) is 3.85. The fourth-order valence-corrected chi connectivity index (χ4v) is 2.60. The SMILES string of the molecule is CCOc1nccn2c(CNC(=O)/C=C/c3cccs3)nnc12. The Morgan fingerprint density at radius 3 is 3.17 bits per heavy atom. The summed E-state index contributed by atoms with van der Waals surface area (Å²) in [4.78, 5) is 17.0. The van der Waals surface area contributed by atoms with Crippen molar-refractivity contribution < 1.29 is 9.53 Å². The predicted octanol–water partition coefficient (Wildman–Crippen LogP) is 1.91. The highest BCUT2D eigenvalue weighted by Crippen LogP contribution is 2.14. The van der Waals surface area contributed by atoms with Gasteiger partial charge in [-0.25, -0.2) is 4.98 Å². The van der Waals surface area contributed by atoms with Crippen molar-refractivity contribution in [2.45, 2.75) is 13.5 Å². The average Bonchev–Trinajstić information content (AvgIpc) is 3.21. The highest BCUT2D eigenvalue weighted by Gasteiger charge is 2.11. The standard InChI is InChI=1S/C15H15N5O2S/c1-2-22-15-14-19-18-12(20(14)8-7-16-15)10-17-13(21)6-5-11-4-3-9-23-11/h3-9H,2,10H2,1H3,(H,17,21)/b6-5+. The van der Waals surface area contributed by atoms with E-state index in [4.69, 9.17) is 4.74 Å². The van der Waals surface area contributed by atoms with E-state index >= 15 is 0 Å². The number of hydrogen-bond acceptors (Lipinski definition) is 6. The Bertz CT molecular complexity index is 826. The lowest BCUT2D eigenvalue weighted by atomic mass is 10.4. The van der Waals surface area contributed by atoms with Crippen LogP contribution < -0.4 is 10.1 Å². The number of thiophene rings is 1. The number of aromatic nitrogens is 4. The van der Waals surface area contributed by atoms with Crippen LogP contribution in [-0.4, -0.2) is 32.1 Å². The Morgan fingerprint density at radius 2 is 2.39 bits per heavy atom. The van der Waals surface area contributed by atoms with Crippen molar-refractivity contribution in [1.29, 1.82) is 0 Å². The lowest BCUT2D eigenvalue weighted by Gasteiger charge is -2.04. The first kappa shape index (κ1) is 15.2. The average molecular weight is 329 g/mol. The predicted molar refractivity (Wildman–Crippen MR) is 87.2 cm³/mol. The first-order valence-electron chi connectivity index (χ1n) is 7.08. The summed E-state index contributed by atoms with van der Waals surface area (Å²) >= 11 is 1.57. The van der Waals surface area contributed by atoms with Gasteiger partial charge in [-0.2, -0.15) is 0 Å². The van der Waals surface area contributed by atoms with Gasteiger partial charge in [0.1, 0.15) is 0 Å². The monoisotopic (exact) mass is 329 g/mol. The van der Waals surface area contributed by atoms with Crippen LogP contribution in [0.2, 0.25) is 0 Å². The molecule has 0 spiro atoms. The number of ether oxygens (including phenoxy) is 1. The summed E-state index contributed by atoms with van der Waals surface area (Å²) in [5, 5.41) is 12.9. The molecule has 0 radical (unpaired) electrons. The zero-order chi connectivity index (χ0) is 16.1. The van der Waals surface area contributed by atoms with Crippen LogP contribution >= 0.6 is 11.3 Å². The van der Waals surface area contributed by atoms with Gasteiger partial charge < -0.3 is 10.1 Å². The molecule has 0 atom stereocenters. The molecule has 1 N–H and O–H groups in total. The largest absolute Gasteiger partial charge is 0.475 e. The molecule has 3 heterocycles. The molecule has 3 aromatic rings. The van der Waals surface area contributed by atoms with E-state index in [-0.39, 0.29) is 12.5 Å². The van der Waals surface area contributed by atoms with E-state index in [0.29, 0.717) is 24.0 Å². The van der Waals surface area contributed by atoms with E-state index in [2.05, 4.69) is 20.5 Å². The highest BCUT2D eigenvalue weighted by molar-refractivity contribution is 7.10. The van der Waals surface area contributed by atoms with Gasteiger partial charge in [-0.1, -0.05) is 6.07 Å². The number of nitrogens with zero attached hydrogens (tertiary/aromatic N) is 4. The number of amides is 1. The number of nitrogens with one attached hydrogen (secondary N) is 1. The van der Waals surface area contributed by atoms with Crippen LogP contribution in [-0.2, 0) is 11.3 Å². The molecule has 23 heavy (non-hydrogen) atoms. The van der Waals surface area contributed by atoms with Gasteiger partial charge in [-0.3, -0.25) is 9.20 Å². The van der Waals surface area contributed by atoms with Gasteiger partial charge in [-0.05, 0) is 24.4 Å². The number of carbonyl (C=O) groups excluding carboxylic acids is 1. The molecule has 0 aliphatic heterocycles. The summed E-state index contributed by atoms with van der Waals surface area (Å²) in [7, 11) is 0. The summed E-state index contributed by atoms with van der Waals surface area (Å²) in [6, 6.07) is 3.89. The van der Waals surface area contributed by atoms with Crippen molar-refractivity contribution in [3.8, 4) is 5.88 Å². The topological polar surface area (TPSA) is 81.4 Å². The van der Waals surface area contributed by atoms with Gasteiger partial charge in [0.25, 0.3) is 5.88 Å². The van der Waals surface area contributed by atoms with Crippen LogP contribution in [0.5, 0.6) is 5.88 Å². The van der Waals surface area contributed by atoms with Gasteiger partial charge in [0.2, 0.25) is 11.6 Å². The number of fused-ring (bicyclic) bond motifs is 1. The maximum Gasteiger partial charge on any atom is 0.260 e. The van der Waals surface area contributed by atoms with Crippen LogP contribution in [0.1, 0.15) is 17.6 Å². The third kappa shape index (κ3) is 3.54. The second-order valence-electron chi connectivity index (χ2n) is 4.54. The molecule has 3 aromatic heterocycles. The van der Waals surface area contributed by atoms with Crippen molar-refractivity contribution in [2.24, 2.45) is 0 Å². The molecule has 0 fully saturated rings. The van der Waals surface area contributed by atoms with Crippen LogP contribution in [0, 0.1) is 0 Å². The zero-order valence-corrected chi connectivity index (χ0v) is 13.3. The van der Waals surface area contributed by atoms with Crippen molar-refractivity contribution in [3.05, 3.63) is 46.7 Å². The Balaban J connectivity index is 1.67. The number of rotatable bonds is 6. The van der Waals surface area contributed by atoms with Crippen LogP contribution in [0.3, 0.4) is 0 Å². The molecule has 118 valence electrons. The molecule has 3 rings (SSSR count). The minimum absolute atomic E-state index is 0.186. The molecule has 1 amide bonds. The summed E-state index contributed by atoms with van der Waals surface area (Å²) < 4.78 is 7.16. The lowest BCUT2D eigenvalue weighted by molar-refractivity contribution is -0.116. The van der Waals surface area contributed by atoms with E-state index in [1.54, 1.807) is 34.2 Å². The molecule has 0 aliphatic rings. The van der Waals surface area contributed by atoms with Gasteiger partial charge in [0, 0.05) is 23.3 Å². The smallest absolute Gasteiger partial charge is 0.260 e. The first-order chi connectivity index (χ1) is 11.3. The minimum Gasteiger partial charge on any atom is -0.475 e. The maximum absolute atomic E-state index is 11.9. The molecule has 7 nitrogen and oxygen atoms in total. The van der Waals surface area contributed by atoms with E-state index in [1.165, 1.54) is 6.08 Å². The number of carbonyl (C=O) groups is 1. The van der Waals surface area contributed by atoms with Crippen LogP contribution in [0.4, 0.5) is 0 Å². The molecule has 0 bridgehead atoms. The molecular formula is C15H15N5O2S. The maximum atomic E-state index is 11.9. The minimum atomic E-state index is -0.186. The van der Waals surface area contributed by atoms with E-state index in [0.717, 1.165) is 4.88 Å². The fourth-order valence-electron chi connectivity index (χ4n) is 1.98. The molecular weight excluding hydrogens is 314 g/mol. The molecule has 8 heteroatoms. The summed E-state index contributed by atoms with van der Waals surface area (Å²) in [5.74, 6) is 0.855. The van der Waals surface area contributed by atoms with Crippen molar-refractivity contribution >= 4 is 29.0 Å². The van der Waals surface area contributed by atoms with Gasteiger partial charge in [0.15, 0.2) is 5.82 Å². The Kier molecular flexibility index (Phi) is 4.62. The zero-order valence-electron chi connectivity index (χ0n) is 12.5. The second kappa shape index (κ2) is 7.01. The highest BCUT2D eigenvalue weighted by atomic mass is 32.1. The van der Waals surface area contributed by atoms with Crippen molar-refractivity contribution in [3.63, 3.8) is 0 Å². The third-order valence-electron chi connectivity index (χ3n) is 3.01. The fraction of sp³-hybridized carbons (Fsp3) is 0.200. The molecule has 0 aliphatic carbocycles. The van der Waals surface area contributed by atoms with Crippen LogP contribution in [0.25, 0.3) is 11.7 Å². The van der Waals surface area contributed by atoms with E-state index < -0.39 is 0 Å². The summed E-state index contributed by atoms with van der Waals surface area (Å²) in [6.45, 7) is 2.64. The quantitative estimate of drug-likeness (QED) is 0.699. The Labute approximate surface area is 136 Å². The lowest BCUT2D eigenvalue weighted by Crippen LogP contribution is -2.21. The van der Waals surface area contributed by atoms with Gasteiger partial charge >= 0.3 is 0 Å². The van der Waals surface area contributed by atoms with Gasteiger partial charge in [0.05, 0.1) is 13.2 Å². The Morgan fingerprint density at radius 1 is 1.48 bits per heavy atom. The summed E-state index contributed by atoms with van der Waals surface area (Å²) in [6.07, 6.45) is 6.63. The molecule has 0 unspecified atom stereocenters.